The molecule has 0 unspecified atom stereocenters. The van der Waals surface area contributed by atoms with E-state index >= 15 is 0 Å². The van der Waals surface area contributed by atoms with Crippen molar-refractivity contribution < 1.29 is 19.6 Å². The van der Waals surface area contributed by atoms with Gasteiger partial charge in [-0.1, -0.05) is 0 Å². The van der Waals surface area contributed by atoms with Gasteiger partial charge in [0.25, 0.3) is 5.69 Å². The summed E-state index contributed by atoms with van der Waals surface area (Å²) in [6, 6.07) is 3.43. The molecule has 9 heteroatoms. The smallest absolute Gasteiger partial charge is 0.317 e. The first kappa shape index (κ1) is 18.7. The molecular weight excluding hydrogens is 364 g/mol. The average Bonchev–Trinajstić information content (AvgIpc) is 3.39. The molecule has 2 aliphatic carbocycles. The molecule has 2 fully saturated rings. The van der Waals surface area contributed by atoms with Crippen molar-refractivity contribution in [1.29, 1.82) is 0 Å². The Morgan fingerprint density at radius 2 is 2.07 bits per heavy atom. The summed E-state index contributed by atoms with van der Waals surface area (Å²) in [5, 5.41) is 26.6. The van der Waals surface area contributed by atoms with Crippen LogP contribution >= 0.6 is 0 Å². The number of anilines is 2. The van der Waals surface area contributed by atoms with E-state index in [9.17, 15) is 19.7 Å². The van der Waals surface area contributed by atoms with Crippen LogP contribution in [0.5, 0.6) is 0 Å². The molecular formula is C19H24N4O5. The molecule has 0 atom stereocenters. The number of carbonyl (C=O) groups excluding carboxylic acids is 1. The molecule has 1 amide bonds. The van der Waals surface area contributed by atoms with Gasteiger partial charge in [0.05, 0.1) is 11.5 Å². The van der Waals surface area contributed by atoms with Crippen molar-refractivity contribution in [2.24, 2.45) is 5.92 Å². The highest BCUT2D eigenvalue weighted by Gasteiger charge is 2.38. The van der Waals surface area contributed by atoms with Crippen LogP contribution < -0.4 is 10.6 Å². The molecule has 9 nitrogen and oxygen atoms in total. The Kier molecular flexibility index (Phi) is 4.92. The highest BCUT2D eigenvalue weighted by atomic mass is 16.6. The summed E-state index contributed by atoms with van der Waals surface area (Å²) in [7, 11) is 0. The third kappa shape index (κ3) is 4.09. The number of nitrogens with zero attached hydrogens (tertiary/aromatic N) is 2. The SMILES string of the molecule is O=C(O)CN(CC1CC1)C1CC(Nc2cc3c(cc2[N+](=O)[O-])CCC(=O)N3)C1. The van der Waals surface area contributed by atoms with Crippen LogP contribution in [0.2, 0.25) is 0 Å². The summed E-state index contributed by atoms with van der Waals surface area (Å²) in [4.78, 5) is 35.9. The number of aliphatic carboxylic acids is 1. The zero-order valence-electron chi connectivity index (χ0n) is 15.5. The summed E-state index contributed by atoms with van der Waals surface area (Å²) in [6.07, 6.45) is 4.66. The summed E-state index contributed by atoms with van der Waals surface area (Å²) in [6.45, 7) is 0.855. The van der Waals surface area contributed by atoms with Crippen molar-refractivity contribution in [3.8, 4) is 0 Å². The second kappa shape index (κ2) is 7.38. The maximum Gasteiger partial charge on any atom is 0.317 e. The lowest BCUT2D eigenvalue weighted by molar-refractivity contribution is -0.384. The van der Waals surface area contributed by atoms with Crippen LogP contribution in [0.1, 0.15) is 37.7 Å². The highest BCUT2D eigenvalue weighted by molar-refractivity contribution is 5.95. The van der Waals surface area contributed by atoms with Crippen molar-refractivity contribution in [2.75, 3.05) is 23.7 Å². The molecule has 0 aromatic heterocycles. The molecule has 0 saturated heterocycles. The molecule has 2 saturated carbocycles. The fourth-order valence-electron chi connectivity index (χ4n) is 4.05. The van der Waals surface area contributed by atoms with Gasteiger partial charge in [-0.05, 0) is 49.7 Å². The zero-order valence-corrected chi connectivity index (χ0v) is 15.5. The first-order valence-electron chi connectivity index (χ1n) is 9.72. The number of benzene rings is 1. The molecule has 4 rings (SSSR count). The number of hydrogen-bond acceptors (Lipinski definition) is 6. The predicted octanol–water partition coefficient (Wildman–Crippen LogP) is 2.22. The van der Waals surface area contributed by atoms with Crippen LogP contribution in [-0.2, 0) is 16.0 Å². The predicted molar refractivity (Wildman–Crippen MR) is 102 cm³/mol. The molecule has 1 aromatic rings. The number of nitro groups is 1. The van der Waals surface area contributed by atoms with Crippen LogP contribution in [0.15, 0.2) is 12.1 Å². The highest BCUT2D eigenvalue weighted by Crippen LogP contribution is 2.38. The maximum atomic E-state index is 11.6. The fraction of sp³-hybridized carbons (Fsp3) is 0.579. The largest absolute Gasteiger partial charge is 0.480 e. The Balaban J connectivity index is 1.43. The van der Waals surface area contributed by atoms with Crippen LogP contribution in [0, 0.1) is 16.0 Å². The maximum absolute atomic E-state index is 11.6. The van der Waals surface area contributed by atoms with E-state index in [4.69, 9.17) is 5.11 Å². The van der Waals surface area contributed by atoms with Crippen molar-refractivity contribution in [3.05, 3.63) is 27.8 Å². The summed E-state index contributed by atoms with van der Waals surface area (Å²) >= 11 is 0. The van der Waals surface area contributed by atoms with Crippen molar-refractivity contribution in [1.82, 2.24) is 4.90 Å². The fourth-order valence-corrected chi connectivity index (χ4v) is 4.05. The number of hydrogen-bond donors (Lipinski definition) is 3. The van der Waals surface area contributed by atoms with Crippen LogP contribution in [-0.4, -0.2) is 52.0 Å². The number of amides is 1. The van der Waals surface area contributed by atoms with Gasteiger partial charge in [-0.3, -0.25) is 24.6 Å². The Labute approximate surface area is 162 Å². The molecule has 0 bridgehead atoms. The third-order valence-electron chi connectivity index (χ3n) is 5.83. The van der Waals surface area contributed by atoms with Gasteiger partial charge in [-0.25, -0.2) is 0 Å². The van der Waals surface area contributed by atoms with E-state index in [0.29, 0.717) is 30.1 Å². The zero-order chi connectivity index (χ0) is 19.8. The molecule has 1 aliphatic heterocycles. The van der Waals surface area contributed by atoms with E-state index in [2.05, 4.69) is 10.6 Å². The first-order chi connectivity index (χ1) is 13.4. The van der Waals surface area contributed by atoms with Gasteiger partial charge in [0, 0.05) is 36.8 Å². The van der Waals surface area contributed by atoms with Gasteiger partial charge < -0.3 is 15.7 Å². The molecule has 28 heavy (non-hydrogen) atoms. The Morgan fingerprint density at radius 3 is 2.71 bits per heavy atom. The molecule has 150 valence electrons. The second-order valence-electron chi connectivity index (χ2n) is 8.06. The minimum Gasteiger partial charge on any atom is -0.480 e. The van der Waals surface area contributed by atoms with Crippen molar-refractivity contribution >= 4 is 28.9 Å². The molecule has 0 radical (unpaired) electrons. The minimum atomic E-state index is -0.821. The third-order valence-corrected chi connectivity index (χ3v) is 5.83. The molecule has 0 spiro atoms. The number of carboxylic acid groups (broad SMARTS) is 1. The van der Waals surface area contributed by atoms with E-state index in [-0.39, 0.29) is 30.2 Å². The lowest BCUT2D eigenvalue weighted by atomic mass is 9.84. The van der Waals surface area contributed by atoms with Gasteiger partial charge in [-0.2, -0.15) is 0 Å². The standard InChI is InChI=1S/C19H24N4O5/c24-18-4-3-12-5-17(23(27)28)16(8-15(12)21-18)20-13-6-14(7-13)22(10-19(25)26)9-11-1-2-11/h5,8,11,13-14,20H,1-4,6-7,9-10H2,(H,21,24)(H,25,26). The summed E-state index contributed by atoms with van der Waals surface area (Å²) in [5.74, 6) is -0.296. The Hall–Kier alpha value is -2.68. The van der Waals surface area contributed by atoms with E-state index < -0.39 is 10.9 Å². The van der Waals surface area contributed by atoms with E-state index in [1.807, 2.05) is 4.90 Å². The van der Waals surface area contributed by atoms with Gasteiger partial charge >= 0.3 is 5.97 Å². The monoisotopic (exact) mass is 388 g/mol. The van der Waals surface area contributed by atoms with Crippen LogP contribution in [0.25, 0.3) is 0 Å². The molecule has 3 aliphatic rings. The number of carboxylic acids is 1. The van der Waals surface area contributed by atoms with Gasteiger partial charge in [0.15, 0.2) is 0 Å². The summed E-state index contributed by atoms with van der Waals surface area (Å²) in [5.41, 5.74) is 1.82. The first-order valence-corrected chi connectivity index (χ1v) is 9.72. The van der Waals surface area contributed by atoms with Gasteiger partial charge in [0.2, 0.25) is 5.91 Å². The number of nitro benzene ring substituents is 1. The van der Waals surface area contributed by atoms with Crippen molar-refractivity contribution in [3.63, 3.8) is 0 Å². The number of nitrogens with one attached hydrogen (secondary N) is 2. The number of carbonyl (C=O) groups is 2. The van der Waals surface area contributed by atoms with E-state index in [1.54, 1.807) is 6.07 Å². The molecule has 1 heterocycles. The van der Waals surface area contributed by atoms with E-state index in [1.165, 1.54) is 6.07 Å². The second-order valence-corrected chi connectivity index (χ2v) is 8.06. The van der Waals surface area contributed by atoms with Crippen LogP contribution in [0.3, 0.4) is 0 Å². The van der Waals surface area contributed by atoms with Gasteiger partial charge in [0.1, 0.15) is 5.69 Å². The summed E-state index contributed by atoms with van der Waals surface area (Å²) < 4.78 is 0. The minimum absolute atomic E-state index is 0.0127. The quantitative estimate of drug-likeness (QED) is 0.460. The van der Waals surface area contributed by atoms with Crippen LogP contribution in [0.4, 0.5) is 17.1 Å². The Morgan fingerprint density at radius 1 is 1.32 bits per heavy atom. The molecule has 3 N–H and O–H groups in total. The topological polar surface area (TPSA) is 125 Å². The number of rotatable bonds is 8. The number of aryl methyl sites for hydroxylation is 1. The van der Waals surface area contributed by atoms with E-state index in [0.717, 1.165) is 37.8 Å². The van der Waals surface area contributed by atoms with Gasteiger partial charge in [-0.15, -0.1) is 0 Å². The van der Waals surface area contributed by atoms with Crippen molar-refractivity contribution in [2.45, 2.75) is 50.6 Å². The molecule has 1 aromatic carbocycles. The average molecular weight is 388 g/mol. The number of fused-ring (bicyclic) bond motifs is 1. The lowest BCUT2D eigenvalue weighted by Gasteiger charge is -2.43. The normalized spacial score (nSPS) is 23.5. The lowest BCUT2D eigenvalue weighted by Crippen LogP contribution is -2.52. The Bertz CT molecular complexity index is 817.